The van der Waals surface area contributed by atoms with E-state index in [1.807, 2.05) is 32.0 Å². The fourth-order valence-corrected chi connectivity index (χ4v) is 1.82. The lowest BCUT2D eigenvalue weighted by molar-refractivity contribution is -0.175. The highest BCUT2D eigenvalue weighted by atomic mass is 19.4. The Hall–Kier alpha value is -1.27. The molecule has 1 aromatic carbocycles. The van der Waals surface area contributed by atoms with Crippen LogP contribution < -0.4 is 10.5 Å². The van der Waals surface area contributed by atoms with Crippen LogP contribution in [0, 0.1) is 6.92 Å². The van der Waals surface area contributed by atoms with Gasteiger partial charge in [-0.1, -0.05) is 18.2 Å². The molecule has 0 spiro atoms. The second kappa shape index (κ2) is 7.50. The van der Waals surface area contributed by atoms with Crippen LogP contribution in [0.4, 0.5) is 13.2 Å². The molecule has 0 aliphatic carbocycles. The van der Waals surface area contributed by atoms with Gasteiger partial charge in [-0.05, 0) is 31.4 Å². The number of hydrogen-bond acceptors (Lipinski definition) is 3. The molecule has 0 heterocycles. The zero-order chi connectivity index (χ0) is 15.2. The van der Waals surface area contributed by atoms with Crippen LogP contribution in [0.15, 0.2) is 18.2 Å². The van der Waals surface area contributed by atoms with E-state index in [1.54, 1.807) is 0 Å². The lowest BCUT2D eigenvalue weighted by Crippen LogP contribution is -2.20. The van der Waals surface area contributed by atoms with E-state index in [0.29, 0.717) is 12.2 Å². The lowest BCUT2D eigenvalue weighted by atomic mass is 10.0. The molecule has 1 rings (SSSR count). The highest BCUT2D eigenvalue weighted by Crippen LogP contribution is 2.24. The lowest BCUT2D eigenvalue weighted by Gasteiger charge is -2.16. The Kier molecular flexibility index (Phi) is 6.29. The number of benzene rings is 1. The predicted molar refractivity (Wildman–Crippen MR) is 70.9 cm³/mol. The Bertz CT molecular complexity index is 419. The summed E-state index contributed by atoms with van der Waals surface area (Å²) in [5.74, 6) is 0.681. The van der Waals surface area contributed by atoms with Gasteiger partial charge in [-0.2, -0.15) is 13.2 Å². The van der Waals surface area contributed by atoms with Crippen molar-refractivity contribution in [3.63, 3.8) is 0 Å². The molecule has 114 valence electrons. The van der Waals surface area contributed by atoms with Crippen molar-refractivity contribution in [3.8, 4) is 5.75 Å². The van der Waals surface area contributed by atoms with E-state index in [0.717, 1.165) is 11.1 Å². The maximum absolute atomic E-state index is 11.9. The maximum atomic E-state index is 11.9. The van der Waals surface area contributed by atoms with Gasteiger partial charge in [0.1, 0.15) is 19.0 Å². The molecule has 0 aliphatic rings. The molecule has 0 aromatic heterocycles. The highest BCUT2D eigenvalue weighted by molar-refractivity contribution is 5.41. The van der Waals surface area contributed by atoms with Crippen LogP contribution in [-0.2, 0) is 11.2 Å². The molecule has 2 N–H and O–H groups in total. The number of para-hydroxylation sites is 1. The van der Waals surface area contributed by atoms with Crippen molar-refractivity contribution in [1.82, 2.24) is 0 Å². The van der Waals surface area contributed by atoms with Crippen molar-refractivity contribution in [3.05, 3.63) is 29.3 Å². The van der Waals surface area contributed by atoms with Gasteiger partial charge in [-0.25, -0.2) is 0 Å². The molecule has 0 radical (unpaired) electrons. The molecular weight excluding hydrogens is 271 g/mol. The summed E-state index contributed by atoms with van der Waals surface area (Å²) in [6, 6.07) is 5.68. The molecular formula is C14H20F3NO2. The third-order valence-corrected chi connectivity index (χ3v) is 2.58. The first-order valence-corrected chi connectivity index (χ1v) is 6.41. The number of halogens is 3. The van der Waals surface area contributed by atoms with Crippen LogP contribution in [0.3, 0.4) is 0 Å². The summed E-state index contributed by atoms with van der Waals surface area (Å²) in [6.07, 6.45) is -3.65. The van der Waals surface area contributed by atoms with Crippen LogP contribution >= 0.6 is 0 Å². The van der Waals surface area contributed by atoms with Crippen molar-refractivity contribution >= 4 is 0 Å². The van der Waals surface area contributed by atoms with E-state index in [2.05, 4.69) is 4.74 Å². The average molecular weight is 291 g/mol. The second-order valence-corrected chi connectivity index (χ2v) is 4.76. The third-order valence-electron chi connectivity index (χ3n) is 2.58. The summed E-state index contributed by atoms with van der Waals surface area (Å²) in [7, 11) is 0. The monoisotopic (exact) mass is 291 g/mol. The molecule has 6 heteroatoms. The number of nitrogens with two attached hydrogens (primary N) is 1. The van der Waals surface area contributed by atoms with Gasteiger partial charge >= 0.3 is 6.18 Å². The normalized spacial score (nSPS) is 13.3. The van der Waals surface area contributed by atoms with E-state index in [4.69, 9.17) is 10.5 Å². The van der Waals surface area contributed by atoms with E-state index < -0.39 is 12.8 Å². The Balaban J connectivity index is 2.50. The minimum atomic E-state index is -4.30. The van der Waals surface area contributed by atoms with Crippen LogP contribution in [0.5, 0.6) is 5.75 Å². The molecule has 3 nitrogen and oxygen atoms in total. The Morgan fingerprint density at radius 1 is 1.25 bits per heavy atom. The van der Waals surface area contributed by atoms with Gasteiger partial charge in [0, 0.05) is 6.04 Å². The highest BCUT2D eigenvalue weighted by Gasteiger charge is 2.27. The van der Waals surface area contributed by atoms with Crippen molar-refractivity contribution in [2.45, 2.75) is 32.5 Å². The van der Waals surface area contributed by atoms with Gasteiger partial charge in [0.15, 0.2) is 0 Å². The molecule has 0 amide bonds. The van der Waals surface area contributed by atoms with Crippen LogP contribution in [0.25, 0.3) is 0 Å². The molecule has 0 aliphatic heterocycles. The summed E-state index contributed by atoms with van der Waals surface area (Å²) in [5.41, 5.74) is 7.65. The van der Waals surface area contributed by atoms with Gasteiger partial charge in [0.05, 0.1) is 6.61 Å². The van der Waals surface area contributed by atoms with Crippen molar-refractivity contribution in [1.29, 1.82) is 0 Å². The van der Waals surface area contributed by atoms with E-state index >= 15 is 0 Å². The first kappa shape index (κ1) is 16.8. The fraction of sp³-hybridized carbons (Fsp3) is 0.571. The van der Waals surface area contributed by atoms with Gasteiger partial charge < -0.3 is 15.2 Å². The largest absolute Gasteiger partial charge is 0.491 e. The molecule has 1 unspecified atom stereocenters. The number of rotatable bonds is 7. The molecule has 1 atom stereocenters. The summed E-state index contributed by atoms with van der Waals surface area (Å²) >= 11 is 0. The first-order chi connectivity index (χ1) is 9.29. The van der Waals surface area contributed by atoms with E-state index in [-0.39, 0.29) is 19.3 Å². The maximum Gasteiger partial charge on any atom is 0.411 e. The summed E-state index contributed by atoms with van der Waals surface area (Å²) in [6.45, 7) is 2.49. The van der Waals surface area contributed by atoms with Gasteiger partial charge in [-0.15, -0.1) is 0 Å². The predicted octanol–water partition coefficient (Wildman–Crippen LogP) is 2.84. The summed E-state index contributed by atoms with van der Waals surface area (Å²) in [5, 5.41) is 0. The number of hydrogen-bond donors (Lipinski definition) is 1. The summed E-state index contributed by atoms with van der Waals surface area (Å²) < 4.78 is 45.7. The van der Waals surface area contributed by atoms with E-state index in [1.165, 1.54) is 0 Å². The molecule has 0 fully saturated rings. The molecule has 20 heavy (non-hydrogen) atoms. The minimum Gasteiger partial charge on any atom is -0.491 e. The molecule has 0 saturated carbocycles. The Morgan fingerprint density at radius 3 is 2.55 bits per heavy atom. The van der Waals surface area contributed by atoms with Crippen LogP contribution in [0.1, 0.15) is 18.1 Å². The zero-order valence-corrected chi connectivity index (χ0v) is 11.7. The van der Waals surface area contributed by atoms with Crippen LogP contribution in [-0.4, -0.2) is 32.0 Å². The smallest absolute Gasteiger partial charge is 0.411 e. The topological polar surface area (TPSA) is 44.5 Å². The molecule has 1 aromatic rings. The summed E-state index contributed by atoms with van der Waals surface area (Å²) in [4.78, 5) is 0. The second-order valence-electron chi connectivity index (χ2n) is 4.76. The van der Waals surface area contributed by atoms with Gasteiger partial charge in [-0.3, -0.25) is 0 Å². The van der Waals surface area contributed by atoms with Crippen molar-refractivity contribution in [2.24, 2.45) is 5.73 Å². The van der Waals surface area contributed by atoms with Crippen molar-refractivity contribution in [2.75, 3.05) is 19.8 Å². The van der Waals surface area contributed by atoms with Gasteiger partial charge in [0.2, 0.25) is 0 Å². The minimum absolute atomic E-state index is 0.0133. The van der Waals surface area contributed by atoms with Crippen molar-refractivity contribution < 1.29 is 22.6 Å². The van der Waals surface area contributed by atoms with E-state index in [9.17, 15) is 13.2 Å². The number of alkyl halides is 3. The standard InChI is InChI=1S/C14H20F3NO2/c1-10-4-3-5-12(8-11(2)18)13(10)20-7-6-19-9-14(15,16)17/h3-5,11H,6-9,18H2,1-2H3. The van der Waals surface area contributed by atoms with Crippen LogP contribution in [0.2, 0.25) is 0 Å². The third kappa shape index (κ3) is 6.25. The molecule has 0 saturated heterocycles. The fourth-order valence-electron chi connectivity index (χ4n) is 1.82. The molecule has 0 bridgehead atoms. The Morgan fingerprint density at radius 2 is 1.95 bits per heavy atom. The zero-order valence-electron chi connectivity index (χ0n) is 11.7. The number of aryl methyl sites for hydroxylation is 1. The number of ether oxygens (including phenoxy) is 2. The SMILES string of the molecule is Cc1cccc(CC(C)N)c1OCCOCC(F)(F)F. The Labute approximate surface area is 116 Å². The van der Waals surface area contributed by atoms with Gasteiger partial charge in [0.25, 0.3) is 0 Å². The first-order valence-electron chi connectivity index (χ1n) is 6.41. The quantitative estimate of drug-likeness (QED) is 0.786. The average Bonchev–Trinajstić information content (AvgIpc) is 2.29.